The van der Waals surface area contributed by atoms with Gasteiger partial charge < -0.3 is 10.4 Å². The number of rotatable bonds is 5. The maximum Gasteiger partial charge on any atom is 0.364 e. The molecule has 3 N–H and O–H groups in total. The zero-order valence-corrected chi connectivity index (χ0v) is 10.5. The van der Waals surface area contributed by atoms with Crippen LogP contribution in [-0.2, 0) is 0 Å². The summed E-state index contributed by atoms with van der Waals surface area (Å²) in [6, 6.07) is 3.44. The molecule has 0 aromatic carbocycles. The number of H-pyrrole nitrogens is 1. The van der Waals surface area contributed by atoms with E-state index in [2.05, 4.69) is 20.6 Å². The lowest BCUT2D eigenvalue weighted by Gasteiger charge is -2.31. The Bertz CT molecular complexity index is 576. The van der Waals surface area contributed by atoms with Crippen LogP contribution in [0.4, 0.5) is 5.82 Å². The van der Waals surface area contributed by atoms with E-state index in [0.29, 0.717) is 11.5 Å². The van der Waals surface area contributed by atoms with Crippen LogP contribution in [0.2, 0.25) is 0 Å². The topological polar surface area (TPSA) is 95.3 Å². The summed E-state index contributed by atoms with van der Waals surface area (Å²) in [6.07, 6.45) is 1.53. The molecule has 2 heterocycles. The molecule has 0 aliphatic heterocycles. The maximum absolute atomic E-state index is 11.4. The largest absolute Gasteiger partial charge is 0.394 e. The fraction of sp³-hybridized carbons (Fsp3) is 0.545. The number of anilines is 1. The van der Waals surface area contributed by atoms with Gasteiger partial charge in [0.25, 0.3) is 0 Å². The van der Waals surface area contributed by atoms with Gasteiger partial charge in [0.1, 0.15) is 5.82 Å². The lowest BCUT2D eigenvalue weighted by molar-refractivity contribution is 0.202. The molecule has 18 heavy (non-hydrogen) atoms. The molecule has 0 saturated carbocycles. The minimum Gasteiger partial charge on any atom is -0.394 e. The van der Waals surface area contributed by atoms with Gasteiger partial charge in [-0.2, -0.15) is 9.61 Å². The Labute approximate surface area is 104 Å². The number of aliphatic hydroxyl groups is 1. The molecule has 0 atom stereocenters. The second-order valence-electron chi connectivity index (χ2n) is 4.29. The fourth-order valence-corrected chi connectivity index (χ4v) is 1.83. The molecule has 0 saturated heterocycles. The van der Waals surface area contributed by atoms with Gasteiger partial charge in [-0.15, -0.1) is 5.10 Å². The summed E-state index contributed by atoms with van der Waals surface area (Å²) >= 11 is 0. The van der Waals surface area contributed by atoms with Crippen LogP contribution < -0.4 is 11.0 Å². The van der Waals surface area contributed by atoms with Crippen LogP contribution in [0.15, 0.2) is 16.9 Å². The minimum atomic E-state index is -0.409. The first-order chi connectivity index (χ1) is 8.64. The second-order valence-corrected chi connectivity index (χ2v) is 4.29. The van der Waals surface area contributed by atoms with E-state index in [-0.39, 0.29) is 12.3 Å². The third kappa shape index (κ3) is 2.08. The SMILES string of the molecule is CCC(CC)(CO)Nc1ccc2n[nH]c(=O)n2n1. The van der Waals surface area contributed by atoms with Crippen molar-refractivity contribution in [3.8, 4) is 0 Å². The fourth-order valence-electron chi connectivity index (χ4n) is 1.83. The first kappa shape index (κ1) is 12.6. The van der Waals surface area contributed by atoms with Crippen molar-refractivity contribution in [1.29, 1.82) is 0 Å². The molecule has 7 heteroatoms. The summed E-state index contributed by atoms with van der Waals surface area (Å²) in [5, 5.41) is 23.0. The monoisotopic (exact) mass is 251 g/mol. The van der Waals surface area contributed by atoms with Crippen LogP contribution in [0, 0.1) is 0 Å². The summed E-state index contributed by atoms with van der Waals surface area (Å²) in [5.41, 5.74) is -0.321. The van der Waals surface area contributed by atoms with Gasteiger partial charge in [0.15, 0.2) is 5.65 Å². The lowest BCUT2D eigenvalue weighted by atomic mass is 9.94. The van der Waals surface area contributed by atoms with Crippen LogP contribution >= 0.6 is 0 Å². The van der Waals surface area contributed by atoms with Crippen molar-refractivity contribution in [3.63, 3.8) is 0 Å². The number of aromatic nitrogens is 4. The summed E-state index contributed by atoms with van der Waals surface area (Å²) in [6.45, 7) is 4.00. The van der Waals surface area contributed by atoms with Crippen LogP contribution in [0.5, 0.6) is 0 Å². The van der Waals surface area contributed by atoms with E-state index in [4.69, 9.17) is 0 Å². The minimum absolute atomic E-state index is 0.0139. The molecule has 2 rings (SSSR count). The van der Waals surface area contributed by atoms with Crippen molar-refractivity contribution in [3.05, 3.63) is 22.6 Å². The predicted octanol–water partition coefficient (Wildman–Crippen LogP) is 0.381. The Kier molecular flexibility index (Phi) is 3.33. The Hall–Kier alpha value is -1.89. The molecule has 0 aliphatic carbocycles. The molecule has 0 radical (unpaired) electrons. The smallest absolute Gasteiger partial charge is 0.364 e. The molecule has 2 aromatic heterocycles. The van der Waals surface area contributed by atoms with Crippen molar-refractivity contribution in [2.24, 2.45) is 0 Å². The second kappa shape index (κ2) is 4.77. The van der Waals surface area contributed by atoms with Crippen molar-refractivity contribution in [1.82, 2.24) is 19.8 Å². The number of nitrogens with one attached hydrogen (secondary N) is 2. The molecule has 0 aliphatic rings. The summed E-state index contributed by atoms with van der Waals surface area (Å²) in [4.78, 5) is 11.4. The highest BCUT2D eigenvalue weighted by molar-refractivity contribution is 5.44. The van der Waals surface area contributed by atoms with Gasteiger partial charge in [-0.05, 0) is 25.0 Å². The summed E-state index contributed by atoms with van der Waals surface area (Å²) in [7, 11) is 0. The average Bonchev–Trinajstić information content (AvgIpc) is 2.78. The average molecular weight is 251 g/mol. The van der Waals surface area contributed by atoms with Gasteiger partial charge in [0, 0.05) is 0 Å². The van der Waals surface area contributed by atoms with Gasteiger partial charge >= 0.3 is 5.69 Å². The molecule has 0 unspecified atom stereocenters. The Morgan fingerprint density at radius 3 is 2.78 bits per heavy atom. The van der Waals surface area contributed by atoms with Crippen LogP contribution in [0.25, 0.3) is 5.65 Å². The van der Waals surface area contributed by atoms with Crippen molar-refractivity contribution in [2.45, 2.75) is 32.2 Å². The van der Waals surface area contributed by atoms with E-state index < -0.39 is 5.54 Å². The predicted molar refractivity (Wildman–Crippen MR) is 67.6 cm³/mol. The van der Waals surface area contributed by atoms with E-state index in [9.17, 15) is 9.90 Å². The van der Waals surface area contributed by atoms with Gasteiger partial charge in [-0.1, -0.05) is 13.8 Å². The van der Waals surface area contributed by atoms with E-state index in [1.807, 2.05) is 13.8 Å². The van der Waals surface area contributed by atoms with Crippen LogP contribution in [-0.4, -0.2) is 37.1 Å². The first-order valence-electron chi connectivity index (χ1n) is 5.97. The molecule has 7 nitrogen and oxygen atoms in total. The molecule has 0 bridgehead atoms. The molecule has 0 amide bonds. The van der Waals surface area contributed by atoms with Gasteiger partial charge in [-0.3, -0.25) is 0 Å². The van der Waals surface area contributed by atoms with Gasteiger partial charge in [0.05, 0.1) is 12.1 Å². The number of aliphatic hydroxyl groups excluding tert-OH is 1. The van der Waals surface area contributed by atoms with Crippen molar-refractivity contribution >= 4 is 11.5 Å². The third-order valence-electron chi connectivity index (χ3n) is 3.32. The molecule has 2 aromatic rings. The molecule has 98 valence electrons. The molecule has 0 fully saturated rings. The lowest BCUT2D eigenvalue weighted by Crippen LogP contribution is -2.41. The van der Waals surface area contributed by atoms with E-state index >= 15 is 0 Å². The standard InChI is InChI=1S/C11H17N5O2/c1-3-11(4-2,7-17)12-8-5-6-9-13-14-10(18)16(9)15-8/h5-6,17H,3-4,7H2,1-2H3,(H,12,15)(H,14,18). The Morgan fingerprint density at radius 2 is 2.17 bits per heavy atom. The quantitative estimate of drug-likeness (QED) is 0.714. The molecular weight excluding hydrogens is 234 g/mol. The van der Waals surface area contributed by atoms with E-state index in [1.54, 1.807) is 12.1 Å². The highest BCUT2D eigenvalue weighted by atomic mass is 16.3. The number of hydrogen-bond donors (Lipinski definition) is 3. The van der Waals surface area contributed by atoms with Gasteiger partial charge in [0.2, 0.25) is 0 Å². The Morgan fingerprint density at radius 1 is 1.44 bits per heavy atom. The summed E-state index contributed by atoms with van der Waals surface area (Å²) < 4.78 is 1.19. The van der Waals surface area contributed by atoms with E-state index in [0.717, 1.165) is 12.8 Å². The first-order valence-corrected chi connectivity index (χ1v) is 5.97. The van der Waals surface area contributed by atoms with Crippen LogP contribution in [0.3, 0.4) is 0 Å². The van der Waals surface area contributed by atoms with Crippen molar-refractivity contribution in [2.75, 3.05) is 11.9 Å². The number of nitrogens with zero attached hydrogens (tertiary/aromatic N) is 3. The number of fused-ring (bicyclic) bond motifs is 1. The zero-order valence-electron chi connectivity index (χ0n) is 10.5. The number of hydrogen-bond acceptors (Lipinski definition) is 5. The van der Waals surface area contributed by atoms with Crippen molar-refractivity contribution < 1.29 is 5.11 Å². The highest BCUT2D eigenvalue weighted by Gasteiger charge is 2.25. The third-order valence-corrected chi connectivity index (χ3v) is 3.32. The number of aromatic amines is 1. The highest BCUT2D eigenvalue weighted by Crippen LogP contribution is 2.20. The van der Waals surface area contributed by atoms with Crippen LogP contribution in [0.1, 0.15) is 26.7 Å². The van der Waals surface area contributed by atoms with Gasteiger partial charge in [-0.25, -0.2) is 9.89 Å². The maximum atomic E-state index is 11.4. The molecule has 0 spiro atoms. The zero-order chi connectivity index (χ0) is 13.2. The summed E-state index contributed by atoms with van der Waals surface area (Å²) in [5.74, 6) is 0.545. The van der Waals surface area contributed by atoms with E-state index in [1.165, 1.54) is 4.52 Å². The molecular formula is C11H17N5O2. The Balaban J connectivity index is 2.36. The normalized spacial score (nSPS) is 11.9.